The Hall–Kier alpha value is -1.42. The summed E-state index contributed by atoms with van der Waals surface area (Å²) in [4.78, 5) is 11.9. The molecule has 3 nitrogen and oxygen atoms in total. The van der Waals surface area contributed by atoms with Gasteiger partial charge in [0.25, 0.3) is 0 Å². The first kappa shape index (κ1) is 12.0. The summed E-state index contributed by atoms with van der Waals surface area (Å²) < 4.78 is 18.7. The Morgan fingerprint density at radius 2 is 2.12 bits per heavy atom. The zero-order chi connectivity index (χ0) is 12.3. The van der Waals surface area contributed by atoms with Crippen molar-refractivity contribution in [1.82, 2.24) is 0 Å². The van der Waals surface area contributed by atoms with Gasteiger partial charge in [-0.1, -0.05) is 12.1 Å². The van der Waals surface area contributed by atoms with Crippen molar-refractivity contribution in [2.45, 2.75) is 19.8 Å². The summed E-state index contributed by atoms with van der Waals surface area (Å²) in [7, 11) is 0. The number of rotatable bonds is 2. The Morgan fingerprint density at radius 1 is 1.41 bits per heavy atom. The van der Waals surface area contributed by atoms with Crippen LogP contribution in [-0.2, 0) is 9.53 Å². The third-order valence-electron chi connectivity index (χ3n) is 3.06. The van der Waals surface area contributed by atoms with E-state index in [1.54, 1.807) is 19.1 Å². The summed E-state index contributed by atoms with van der Waals surface area (Å²) in [6.07, 6.45) is 1.42. The summed E-state index contributed by atoms with van der Waals surface area (Å²) in [5.74, 6) is -0.560. The molecule has 1 aliphatic heterocycles. The second-order valence-corrected chi connectivity index (χ2v) is 4.31. The van der Waals surface area contributed by atoms with E-state index in [2.05, 4.69) is 5.32 Å². The molecule has 0 atom stereocenters. The Bertz CT molecular complexity index is 394. The van der Waals surface area contributed by atoms with Crippen LogP contribution in [0.1, 0.15) is 18.4 Å². The van der Waals surface area contributed by atoms with Gasteiger partial charge in [-0.05, 0) is 31.4 Å². The van der Waals surface area contributed by atoms with Gasteiger partial charge >= 0.3 is 0 Å². The number of ether oxygens (including phenoxy) is 1. The number of carbonyl (C=O) groups is 1. The average molecular weight is 237 g/mol. The molecule has 0 aromatic heterocycles. The Morgan fingerprint density at radius 3 is 2.76 bits per heavy atom. The van der Waals surface area contributed by atoms with Gasteiger partial charge in [0, 0.05) is 19.1 Å². The van der Waals surface area contributed by atoms with Crippen molar-refractivity contribution in [2.24, 2.45) is 5.92 Å². The monoisotopic (exact) mass is 237 g/mol. The first-order valence-corrected chi connectivity index (χ1v) is 5.82. The van der Waals surface area contributed by atoms with Crippen LogP contribution in [0.25, 0.3) is 0 Å². The first-order valence-electron chi connectivity index (χ1n) is 5.82. The van der Waals surface area contributed by atoms with Crippen molar-refractivity contribution in [1.29, 1.82) is 0 Å². The van der Waals surface area contributed by atoms with Crippen LogP contribution < -0.4 is 5.32 Å². The van der Waals surface area contributed by atoms with E-state index in [-0.39, 0.29) is 17.6 Å². The number of nitrogens with one attached hydrogen (secondary N) is 1. The van der Waals surface area contributed by atoms with Gasteiger partial charge in [0.05, 0.1) is 5.69 Å². The van der Waals surface area contributed by atoms with Gasteiger partial charge in [-0.3, -0.25) is 4.79 Å². The average Bonchev–Trinajstić information content (AvgIpc) is 2.35. The molecule has 1 amide bonds. The van der Waals surface area contributed by atoms with E-state index in [1.807, 2.05) is 0 Å². The van der Waals surface area contributed by atoms with Gasteiger partial charge < -0.3 is 10.1 Å². The predicted octanol–water partition coefficient (Wildman–Crippen LogP) is 2.50. The largest absolute Gasteiger partial charge is 0.381 e. The number of aryl methyl sites for hydroxylation is 1. The van der Waals surface area contributed by atoms with Gasteiger partial charge in [-0.15, -0.1) is 0 Å². The second-order valence-electron chi connectivity index (χ2n) is 4.31. The van der Waals surface area contributed by atoms with Crippen LogP contribution in [0.2, 0.25) is 0 Å². The lowest BCUT2D eigenvalue weighted by Gasteiger charge is -2.21. The normalized spacial score (nSPS) is 16.8. The molecule has 0 unspecified atom stereocenters. The lowest BCUT2D eigenvalue weighted by molar-refractivity contribution is -0.122. The molecule has 1 aliphatic rings. The number of hydrogen-bond acceptors (Lipinski definition) is 2. The van der Waals surface area contributed by atoms with Crippen molar-refractivity contribution in [2.75, 3.05) is 18.5 Å². The SMILES string of the molecule is Cc1cccc(F)c1NC(=O)C1CCOCC1. The molecule has 1 N–H and O–H groups in total. The maximum Gasteiger partial charge on any atom is 0.227 e. The van der Waals surface area contributed by atoms with Gasteiger partial charge in [0.15, 0.2) is 0 Å². The Balaban J connectivity index is 2.07. The predicted molar refractivity (Wildman–Crippen MR) is 63.3 cm³/mol. The molecule has 0 spiro atoms. The molecule has 0 bridgehead atoms. The molecule has 17 heavy (non-hydrogen) atoms. The van der Waals surface area contributed by atoms with Crippen LogP contribution in [0.3, 0.4) is 0 Å². The van der Waals surface area contributed by atoms with Gasteiger partial charge in [0.2, 0.25) is 5.91 Å². The molecule has 1 fully saturated rings. The summed E-state index contributed by atoms with van der Waals surface area (Å²) >= 11 is 0. The summed E-state index contributed by atoms with van der Waals surface area (Å²) in [6.45, 7) is 2.99. The van der Waals surface area contributed by atoms with Crippen LogP contribution >= 0.6 is 0 Å². The minimum Gasteiger partial charge on any atom is -0.381 e. The van der Waals surface area contributed by atoms with Gasteiger partial charge in [-0.2, -0.15) is 0 Å². The maximum absolute atomic E-state index is 13.5. The van der Waals surface area contributed by atoms with Crippen molar-refractivity contribution in [3.63, 3.8) is 0 Å². The highest BCUT2D eigenvalue weighted by Crippen LogP contribution is 2.22. The molecule has 1 aromatic rings. The van der Waals surface area contributed by atoms with Crippen molar-refractivity contribution in [3.8, 4) is 0 Å². The molecule has 0 aliphatic carbocycles. The quantitative estimate of drug-likeness (QED) is 0.858. The summed E-state index contributed by atoms with van der Waals surface area (Å²) in [6, 6.07) is 4.77. The van der Waals surface area contributed by atoms with E-state index >= 15 is 0 Å². The lowest BCUT2D eigenvalue weighted by atomic mass is 9.99. The molecule has 0 radical (unpaired) electrons. The fraction of sp³-hybridized carbons (Fsp3) is 0.462. The van der Waals surface area contributed by atoms with Gasteiger partial charge in [-0.25, -0.2) is 4.39 Å². The number of hydrogen-bond donors (Lipinski definition) is 1. The Kier molecular flexibility index (Phi) is 3.74. The van der Waals surface area contributed by atoms with Crippen molar-refractivity contribution >= 4 is 11.6 Å². The maximum atomic E-state index is 13.5. The molecule has 4 heteroatoms. The lowest BCUT2D eigenvalue weighted by Crippen LogP contribution is -2.29. The van der Waals surface area contributed by atoms with E-state index in [0.29, 0.717) is 31.7 Å². The molecule has 0 saturated carbocycles. The number of benzene rings is 1. The van der Waals surface area contributed by atoms with E-state index in [9.17, 15) is 9.18 Å². The molecular weight excluding hydrogens is 221 g/mol. The minimum atomic E-state index is -0.384. The third-order valence-corrected chi connectivity index (χ3v) is 3.06. The topological polar surface area (TPSA) is 38.3 Å². The molecule has 1 saturated heterocycles. The number of para-hydroxylation sites is 1. The Labute approximate surface area is 100.0 Å². The highest BCUT2D eigenvalue weighted by Gasteiger charge is 2.22. The van der Waals surface area contributed by atoms with E-state index < -0.39 is 0 Å². The highest BCUT2D eigenvalue weighted by molar-refractivity contribution is 5.93. The van der Waals surface area contributed by atoms with Crippen molar-refractivity contribution < 1.29 is 13.9 Å². The number of anilines is 1. The van der Waals surface area contributed by atoms with Crippen LogP contribution in [0, 0.1) is 18.7 Å². The van der Waals surface area contributed by atoms with Crippen molar-refractivity contribution in [3.05, 3.63) is 29.6 Å². The van der Waals surface area contributed by atoms with E-state index in [4.69, 9.17) is 4.74 Å². The highest BCUT2D eigenvalue weighted by atomic mass is 19.1. The minimum absolute atomic E-state index is 0.0669. The first-order chi connectivity index (χ1) is 8.18. The summed E-state index contributed by atoms with van der Waals surface area (Å²) in [5.41, 5.74) is 1.04. The standard InChI is InChI=1S/C13H16FNO2/c1-9-3-2-4-11(14)12(9)15-13(16)10-5-7-17-8-6-10/h2-4,10H,5-8H2,1H3,(H,15,16). The van der Waals surface area contributed by atoms with Gasteiger partial charge in [0.1, 0.15) is 5.82 Å². The second kappa shape index (κ2) is 5.27. The molecular formula is C13H16FNO2. The van der Waals surface area contributed by atoms with E-state index in [0.717, 1.165) is 5.56 Å². The molecule has 1 aromatic carbocycles. The molecule has 2 rings (SSSR count). The van der Waals surface area contributed by atoms with Crippen LogP contribution in [0.4, 0.5) is 10.1 Å². The zero-order valence-electron chi connectivity index (χ0n) is 9.83. The zero-order valence-corrected chi connectivity index (χ0v) is 9.83. The number of halogens is 1. The number of amides is 1. The fourth-order valence-corrected chi connectivity index (χ4v) is 1.98. The van der Waals surface area contributed by atoms with Crippen LogP contribution in [0.5, 0.6) is 0 Å². The molecule has 1 heterocycles. The third kappa shape index (κ3) is 2.82. The smallest absolute Gasteiger partial charge is 0.227 e. The molecule has 92 valence electrons. The summed E-state index contributed by atoms with van der Waals surface area (Å²) in [5, 5.41) is 2.68. The van der Waals surface area contributed by atoms with E-state index in [1.165, 1.54) is 6.07 Å². The van der Waals surface area contributed by atoms with Crippen LogP contribution in [0.15, 0.2) is 18.2 Å². The fourth-order valence-electron chi connectivity index (χ4n) is 1.98. The number of carbonyl (C=O) groups excluding carboxylic acids is 1. The van der Waals surface area contributed by atoms with Crippen LogP contribution in [-0.4, -0.2) is 19.1 Å².